The third-order valence-corrected chi connectivity index (χ3v) is 13.9. The average Bonchev–Trinajstić information content (AvgIpc) is 3.61. The highest BCUT2D eigenvalue weighted by Crippen LogP contribution is 2.41. The maximum atomic E-state index is 14.1. The van der Waals surface area contributed by atoms with E-state index in [0.29, 0.717) is 34.4 Å². The summed E-state index contributed by atoms with van der Waals surface area (Å²) in [6.07, 6.45) is 1.60. The van der Waals surface area contributed by atoms with E-state index in [1.165, 1.54) is 3.97 Å². The minimum atomic E-state index is -3.94. The fourth-order valence-corrected chi connectivity index (χ4v) is 9.20. The summed E-state index contributed by atoms with van der Waals surface area (Å²) in [6, 6.07) is 19.2. The number of ether oxygens (including phenoxy) is 1. The van der Waals surface area contributed by atoms with Gasteiger partial charge in [0.05, 0.1) is 33.1 Å². The Morgan fingerprint density at radius 2 is 1.67 bits per heavy atom. The van der Waals surface area contributed by atoms with Gasteiger partial charge in [-0.25, -0.2) is 17.4 Å². The molecule has 5 rings (SSSR count). The molecule has 0 aliphatic carbocycles. The van der Waals surface area contributed by atoms with Gasteiger partial charge in [0.25, 0.3) is 10.0 Å². The topological polar surface area (TPSA) is 125 Å². The first-order valence-electron chi connectivity index (χ1n) is 16.4. The van der Waals surface area contributed by atoms with Gasteiger partial charge in [0, 0.05) is 37.6 Å². The summed E-state index contributed by atoms with van der Waals surface area (Å²) >= 11 is -1.58. The molecule has 0 fully saturated rings. The summed E-state index contributed by atoms with van der Waals surface area (Å²) in [5.41, 5.74) is 4.58. The molecule has 5 aromatic rings. The number of nitrogens with one attached hydrogen (secondary N) is 1. The summed E-state index contributed by atoms with van der Waals surface area (Å²) in [6.45, 7) is 21.1. The van der Waals surface area contributed by atoms with Gasteiger partial charge < -0.3 is 13.9 Å². The van der Waals surface area contributed by atoms with Gasteiger partial charge in [-0.15, -0.1) is 4.72 Å². The molecule has 2 atom stereocenters. The molecule has 3 aromatic carbocycles. The molecule has 0 saturated heterocycles. The Morgan fingerprint density at radius 1 is 1.00 bits per heavy atom. The van der Waals surface area contributed by atoms with E-state index in [-0.39, 0.29) is 11.6 Å². The molecule has 0 spiro atoms. The molecule has 9 nitrogen and oxygen atoms in total. The van der Waals surface area contributed by atoms with Gasteiger partial charge in [0.1, 0.15) is 22.8 Å². The van der Waals surface area contributed by atoms with Crippen LogP contribution >= 0.6 is 0 Å². The van der Waals surface area contributed by atoms with Crippen LogP contribution in [0.1, 0.15) is 61.3 Å². The van der Waals surface area contributed by atoms with E-state index in [1.54, 1.807) is 42.6 Å². The summed E-state index contributed by atoms with van der Waals surface area (Å²) in [5.74, 6) is 0.547. The predicted octanol–water partition coefficient (Wildman–Crippen LogP) is 7.65. The maximum Gasteiger partial charge on any atom is 0.268 e. The molecule has 0 aliphatic rings. The monoisotopic (exact) mass is 717 g/mol. The maximum absolute atomic E-state index is 14.1. The molecule has 2 unspecified atom stereocenters. The van der Waals surface area contributed by atoms with E-state index in [1.807, 2.05) is 71.2 Å². The van der Waals surface area contributed by atoms with Crippen LogP contribution in [0.5, 0.6) is 0 Å². The van der Waals surface area contributed by atoms with E-state index < -0.39 is 39.7 Å². The predicted molar refractivity (Wildman–Crippen MR) is 201 cm³/mol. The molecule has 260 valence electrons. The number of benzene rings is 3. The Kier molecular flexibility index (Phi) is 10.0. The van der Waals surface area contributed by atoms with Crippen molar-refractivity contribution in [2.24, 2.45) is 0 Å². The second-order valence-corrected chi connectivity index (χ2v) is 24.6. The molecule has 49 heavy (non-hydrogen) atoms. The molecule has 2 heterocycles. The van der Waals surface area contributed by atoms with Crippen molar-refractivity contribution in [3.63, 3.8) is 0 Å². The van der Waals surface area contributed by atoms with Crippen molar-refractivity contribution in [3.8, 4) is 6.07 Å². The number of imidazole rings is 1. The summed E-state index contributed by atoms with van der Waals surface area (Å²) in [7, 11) is -5.31. The molecular weight excluding hydrogens is 671 g/mol. The van der Waals surface area contributed by atoms with Crippen LogP contribution in [0.2, 0.25) is 25.7 Å². The normalized spacial score (nSPS) is 14.7. The van der Waals surface area contributed by atoms with Crippen molar-refractivity contribution in [1.29, 1.82) is 5.26 Å². The quantitative estimate of drug-likeness (QED) is 0.0845. The number of nitriles is 1. The van der Waals surface area contributed by atoms with E-state index in [9.17, 15) is 18.2 Å². The zero-order valence-corrected chi connectivity index (χ0v) is 32.8. The Morgan fingerprint density at radius 3 is 2.29 bits per heavy atom. The lowest BCUT2D eigenvalue weighted by atomic mass is 9.85. The smallest absolute Gasteiger partial charge is 0.268 e. The van der Waals surface area contributed by atoms with Crippen molar-refractivity contribution in [2.45, 2.75) is 96.1 Å². The minimum absolute atomic E-state index is 0.192. The minimum Gasteiger partial charge on any atom is -0.598 e. The third-order valence-electron chi connectivity index (χ3n) is 8.79. The van der Waals surface area contributed by atoms with Crippen molar-refractivity contribution < 1.29 is 17.7 Å². The number of fused-ring (bicyclic) bond motifs is 2. The van der Waals surface area contributed by atoms with Gasteiger partial charge in [-0.1, -0.05) is 43.4 Å². The summed E-state index contributed by atoms with van der Waals surface area (Å²) in [5, 5.41) is 10.4. The second-order valence-electron chi connectivity index (χ2n) is 15.2. The van der Waals surface area contributed by atoms with Crippen LogP contribution in [0.25, 0.3) is 21.9 Å². The van der Waals surface area contributed by atoms with Gasteiger partial charge in [0.2, 0.25) is 0 Å². The van der Waals surface area contributed by atoms with Gasteiger partial charge in [-0.3, -0.25) is 0 Å². The van der Waals surface area contributed by atoms with E-state index >= 15 is 0 Å². The number of aryl methyl sites for hydroxylation is 3. The standard InChI is InChI=1S/C37H47N5O4S2Si/c1-25-11-14-29(15-12-25)48(44,45)42-18-17-30-33(26(2)21-27(3)34(30)42)37(7,40-47(43)36(4,5)6)35-39-31-22-28(23-38)13-16-32(31)41(35)24-46-19-20-49(8,9)10/h11-18,21-22,40H,19-20,24H2,1-10H3. The Bertz CT molecular complexity index is 2170. The average molecular weight is 718 g/mol. The molecule has 0 amide bonds. The summed E-state index contributed by atoms with van der Waals surface area (Å²) < 4.78 is 54.7. The first-order chi connectivity index (χ1) is 22.8. The van der Waals surface area contributed by atoms with E-state index in [4.69, 9.17) is 9.72 Å². The van der Waals surface area contributed by atoms with Crippen LogP contribution in [0.4, 0.5) is 0 Å². The number of rotatable bonds is 11. The highest BCUT2D eigenvalue weighted by molar-refractivity contribution is 7.91. The highest BCUT2D eigenvalue weighted by Gasteiger charge is 2.44. The fourth-order valence-electron chi connectivity index (χ4n) is 6.16. The SMILES string of the molecule is Cc1ccc(S(=O)(=O)n2ccc3c(C(C)(N[S+]([O-])C(C)(C)C)c4nc5cc(C#N)ccc5n4COCC[Si](C)(C)C)c(C)cc(C)c32)cc1. The second kappa shape index (κ2) is 13.4. The largest absolute Gasteiger partial charge is 0.598 e. The Labute approximate surface area is 294 Å². The first kappa shape index (κ1) is 36.8. The van der Waals surface area contributed by atoms with Crippen LogP contribution in [0.15, 0.2) is 65.7 Å². The number of hydrogen-bond donors (Lipinski definition) is 1. The van der Waals surface area contributed by atoms with Crippen LogP contribution in [-0.2, 0) is 38.4 Å². The van der Waals surface area contributed by atoms with Crippen LogP contribution < -0.4 is 4.72 Å². The molecule has 0 aliphatic heterocycles. The van der Waals surface area contributed by atoms with E-state index in [2.05, 4.69) is 30.4 Å². The molecule has 2 aromatic heterocycles. The molecule has 0 bridgehead atoms. The Hall–Kier alpha value is -3.44. The first-order valence-corrected chi connectivity index (χ1v) is 22.7. The van der Waals surface area contributed by atoms with Crippen molar-refractivity contribution in [2.75, 3.05) is 6.61 Å². The zero-order valence-electron chi connectivity index (χ0n) is 30.1. The zero-order chi connectivity index (χ0) is 36.1. The Balaban J connectivity index is 1.80. The van der Waals surface area contributed by atoms with Gasteiger partial charge in [-0.05, 0) is 108 Å². The fraction of sp³-hybridized carbons (Fsp3) is 0.405. The lowest BCUT2D eigenvalue weighted by Gasteiger charge is -2.36. The summed E-state index contributed by atoms with van der Waals surface area (Å²) in [4.78, 5) is 5.32. The van der Waals surface area contributed by atoms with Crippen molar-refractivity contribution in [3.05, 3.63) is 94.4 Å². The van der Waals surface area contributed by atoms with Gasteiger partial charge >= 0.3 is 0 Å². The molecule has 12 heteroatoms. The lowest BCUT2D eigenvalue weighted by molar-refractivity contribution is 0.0857. The van der Waals surface area contributed by atoms with Crippen LogP contribution in [0, 0.1) is 32.1 Å². The van der Waals surface area contributed by atoms with Crippen LogP contribution in [-0.4, -0.2) is 45.9 Å². The van der Waals surface area contributed by atoms with E-state index in [0.717, 1.165) is 33.8 Å². The van der Waals surface area contributed by atoms with Gasteiger partial charge in [0.15, 0.2) is 0 Å². The van der Waals surface area contributed by atoms with Gasteiger partial charge in [-0.2, -0.15) is 5.26 Å². The number of nitrogens with zero attached hydrogens (tertiary/aromatic N) is 4. The van der Waals surface area contributed by atoms with Crippen molar-refractivity contribution >= 4 is 51.4 Å². The molecular formula is C37H47N5O4S2Si. The third kappa shape index (κ3) is 7.24. The number of aromatic nitrogens is 3. The lowest BCUT2D eigenvalue weighted by Crippen LogP contribution is -2.52. The highest BCUT2D eigenvalue weighted by atomic mass is 32.2. The van der Waals surface area contributed by atoms with Crippen LogP contribution in [0.3, 0.4) is 0 Å². The molecule has 1 N–H and O–H groups in total. The molecule has 0 saturated carbocycles. The number of hydrogen-bond acceptors (Lipinski definition) is 7. The van der Waals surface area contributed by atoms with Crippen molar-refractivity contribution in [1.82, 2.24) is 18.2 Å². The molecule has 0 radical (unpaired) electrons.